The lowest BCUT2D eigenvalue weighted by Crippen LogP contribution is -2.34. The highest BCUT2D eigenvalue weighted by Gasteiger charge is 2.51. The van der Waals surface area contributed by atoms with E-state index in [0.29, 0.717) is 22.5 Å². The maximum atomic E-state index is 13.1. The molecule has 0 saturated carbocycles. The number of amides is 2. The van der Waals surface area contributed by atoms with Crippen LogP contribution in [0.15, 0.2) is 109 Å². The average molecular weight is 657 g/mol. The van der Waals surface area contributed by atoms with Crippen LogP contribution in [0, 0.1) is 19.8 Å². The third kappa shape index (κ3) is 8.09. The van der Waals surface area contributed by atoms with Crippen molar-refractivity contribution >= 4 is 47.1 Å². The van der Waals surface area contributed by atoms with Gasteiger partial charge in [0.15, 0.2) is 11.9 Å². The van der Waals surface area contributed by atoms with Crippen LogP contribution < -0.4 is 10.6 Å². The van der Waals surface area contributed by atoms with Crippen molar-refractivity contribution in [3.05, 3.63) is 143 Å². The van der Waals surface area contributed by atoms with Crippen LogP contribution in [-0.4, -0.2) is 55.1 Å². The van der Waals surface area contributed by atoms with Gasteiger partial charge in [0.05, 0.1) is 25.2 Å². The first kappa shape index (κ1) is 33.3. The van der Waals surface area contributed by atoms with Crippen LogP contribution in [0.3, 0.4) is 0 Å². The van der Waals surface area contributed by atoms with Gasteiger partial charge >= 0.3 is 5.97 Å². The van der Waals surface area contributed by atoms with Crippen molar-refractivity contribution in [2.45, 2.75) is 32.2 Å². The normalized spacial score (nSPS) is 19.9. The minimum atomic E-state index is -0.634. The number of hydrogen-bond acceptors (Lipinski definition) is 7. The van der Waals surface area contributed by atoms with E-state index in [9.17, 15) is 19.2 Å². The van der Waals surface area contributed by atoms with E-state index in [0.717, 1.165) is 22.3 Å². The Morgan fingerprint density at radius 2 is 1.12 bits per heavy atom. The first-order valence-electron chi connectivity index (χ1n) is 16.0. The van der Waals surface area contributed by atoms with E-state index >= 15 is 0 Å². The molecule has 9 heteroatoms. The lowest BCUT2D eigenvalue weighted by Gasteiger charge is -2.15. The zero-order chi connectivity index (χ0) is 34.3. The van der Waals surface area contributed by atoms with E-state index in [1.165, 1.54) is 12.2 Å². The van der Waals surface area contributed by atoms with Gasteiger partial charge in [0, 0.05) is 28.6 Å². The van der Waals surface area contributed by atoms with Gasteiger partial charge < -0.3 is 24.8 Å². The van der Waals surface area contributed by atoms with Gasteiger partial charge in [-0.1, -0.05) is 66.7 Å². The van der Waals surface area contributed by atoms with Gasteiger partial charge in [-0.05, 0) is 84.7 Å². The molecule has 0 unspecified atom stereocenters. The highest BCUT2D eigenvalue weighted by atomic mass is 16.6. The van der Waals surface area contributed by atoms with Crippen LogP contribution in [0.25, 0.3) is 12.2 Å². The first-order valence-corrected chi connectivity index (χ1v) is 16.0. The van der Waals surface area contributed by atoms with Crippen LogP contribution in [0.1, 0.15) is 43.0 Å². The lowest BCUT2D eigenvalue weighted by molar-refractivity contribution is -0.147. The zero-order valence-corrected chi connectivity index (χ0v) is 27.1. The largest absolute Gasteiger partial charge is 0.454 e. The van der Waals surface area contributed by atoms with Gasteiger partial charge in [-0.3, -0.25) is 14.4 Å². The van der Waals surface area contributed by atoms with Crippen molar-refractivity contribution in [1.29, 1.82) is 0 Å². The Morgan fingerprint density at radius 3 is 1.65 bits per heavy atom. The molecule has 2 fully saturated rings. The third-order valence-corrected chi connectivity index (χ3v) is 8.61. The summed E-state index contributed by atoms with van der Waals surface area (Å²) in [5.41, 5.74) is 5.84. The first-order chi connectivity index (χ1) is 23.7. The molecule has 49 heavy (non-hydrogen) atoms. The van der Waals surface area contributed by atoms with Crippen molar-refractivity contribution in [2.24, 2.45) is 5.92 Å². The minimum Gasteiger partial charge on any atom is -0.454 e. The topological polar surface area (TPSA) is 120 Å². The number of allylic oxidation sites excluding steroid dienone is 1. The molecule has 4 atom stereocenters. The number of nitrogens with one attached hydrogen (secondary N) is 2. The minimum absolute atomic E-state index is 0.132. The quantitative estimate of drug-likeness (QED) is 0.149. The van der Waals surface area contributed by atoms with Gasteiger partial charge in [-0.25, -0.2) is 4.79 Å². The molecule has 2 aliphatic heterocycles. The Kier molecular flexibility index (Phi) is 10.2. The maximum Gasteiger partial charge on any atom is 0.331 e. The van der Waals surface area contributed by atoms with Crippen molar-refractivity contribution in [1.82, 2.24) is 0 Å². The predicted molar refractivity (Wildman–Crippen MR) is 187 cm³/mol. The SMILES string of the molecule is Cc1ccccc1C(=O)Nc1ccc(/C=C/C(=O)O[C@@H]2CO[C@H]3[C@@H]2OC[C@@H]3C(=O)/C=C/c2ccc(NC(=O)c3ccccc3C)cc2)cc1. The summed E-state index contributed by atoms with van der Waals surface area (Å²) in [5.74, 6) is -1.59. The number of rotatable bonds is 10. The molecule has 6 rings (SSSR count). The van der Waals surface area contributed by atoms with E-state index in [4.69, 9.17) is 14.2 Å². The number of esters is 1. The van der Waals surface area contributed by atoms with Gasteiger partial charge in [0.25, 0.3) is 11.8 Å². The van der Waals surface area contributed by atoms with Gasteiger partial charge in [0.2, 0.25) is 0 Å². The Morgan fingerprint density at radius 1 is 0.633 bits per heavy atom. The molecule has 2 N–H and O–H groups in total. The van der Waals surface area contributed by atoms with Crippen LogP contribution in [0.2, 0.25) is 0 Å². The molecular formula is C40H36N2O7. The maximum absolute atomic E-state index is 13.1. The Balaban J connectivity index is 0.967. The summed E-state index contributed by atoms with van der Waals surface area (Å²) in [6.07, 6.45) is 4.48. The number of carbonyl (C=O) groups excluding carboxylic acids is 4. The monoisotopic (exact) mass is 656 g/mol. The third-order valence-electron chi connectivity index (χ3n) is 8.61. The summed E-state index contributed by atoms with van der Waals surface area (Å²) < 4.78 is 17.4. The fourth-order valence-corrected chi connectivity index (χ4v) is 5.87. The van der Waals surface area contributed by atoms with Crippen LogP contribution in [0.4, 0.5) is 11.4 Å². The molecule has 2 aliphatic rings. The molecule has 4 aromatic rings. The molecule has 2 saturated heterocycles. The summed E-state index contributed by atoms with van der Waals surface area (Å²) >= 11 is 0. The molecule has 2 amide bonds. The smallest absolute Gasteiger partial charge is 0.331 e. The molecule has 0 bridgehead atoms. The van der Waals surface area contributed by atoms with Gasteiger partial charge in [-0.15, -0.1) is 0 Å². The molecule has 0 spiro atoms. The Labute approximate surface area is 284 Å². The molecule has 2 heterocycles. The molecule has 9 nitrogen and oxygen atoms in total. The second-order valence-electron chi connectivity index (χ2n) is 12.0. The standard InChI is InChI=1S/C40H36N2O7/c1-25-7-3-5-9-31(25)39(45)41-29-17-11-27(12-18-29)15-21-34(43)33-23-47-38-35(24-48-37(33)38)49-36(44)22-16-28-13-19-30(20-14-28)42-40(46)32-10-6-4-8-26(32)2/h3-22,33,35,37-38H,23-24H2,1-2H3,(H,41,45)(H,42,46)/b21-15+,22-16+/t33-,35-,37-,38-/m1/s1. The van der Waals surface area contributed by atoms with Crippen molar-refractivity contribution < 1.29 is 33.4 Å². The summed E-state index contributed by atoms with van der Waals surface area (Å²) in [7, 11) is 0. The van der Waals surface area contributed by atoms with Crippen molar-refractivity contribution in [2.75, 3.05) is 23.8 Å². The van der Waals surface area contributed by atoms with E-state index in [1.54, 1.807) is 60.7 Å². The highest BCUT2D eigenvalue weighted by Crippen LogP contribution is 2.33. The molecule has 248 valence electrons. The summed E-state index contributed by atoms with van der Waals surface area (Å²) in [6.45, 7) is 4.07. The molecule has 4 aromatic carbocycles. The average Bonchev–Trinajstić information content (AvgIpc) is 3.71. The van der Waals surface area contributed by atoms with Gasteiger partial charge in [0.1, 0.15) is 6.10 Å². The van der Waals surface area contributed by atoms with E-state index < -0.39 is 30.2 Å². The highest BCUT2D eigenvalue weighted by molar-refractivity contribution is 6.06. The number of aryl methyl sites for hydroxylation is 2. The van der Waals surface area contributed by atoms with Gasteiger partial charge in [-0.2, -0.15) is 0 Å². The number of benzene rings is 4. The molecule has 0 aromatic heterocycles. The summed E-state index contributed by atoms with van der Waals surface area (Å²) in [6, 6.07) is 29.0. The molecule has 0 aliphatic carbocycles. The van der Waals surface area contributed by atoms with E-state index in [-0.39, 0.29) is 30.8 Å². The zero-order valence-electron chi connectivity index (χ0n) is 27.1. The number of anilines is 2. The Bertz CT molecular complexity index is 1910. The lowest BCUT2D eigenvalue weighted by atomic mass is 9.96. The summed E-state index contributed by atoms with van der Waals surface area (Å²) in [5, 5.41) is 5.77. The van der Waals surface area contributed by atoms with E-state index in [2.05, 4.69) is 10.6 Å². The number of ether oxygens (including phenoxy) is 3. The number of carbonyl (C=O) groups is 4. The van der Waals surface area contributed by atoms with Crippen molar-refractivity contribution in [3.8, 4) is 0 Å². The second-order valence-corrected chi connectivity index (χ2v) is 12.0. The predicted octanol–water partition coefficient (Wildman–Crippen LogP) is 6.43. The number of fused-ring (bicyclic) bond motifs is 1. The fourth-order valence-electron chi connectivity index (χ4n) is 5.87. The fraction of sp³-hybridized carbons (Fsp3) is 0.200. The van der Waals surface area contributed by atoms with E-state index in [1.807, 2.05) is 62.4 Å². The van der Waals surface area contributed by atoms with Crippen LogP contribution >= 0.6 is 0 Å². The van der Waals surface area contributed by atoms with Crippen LogP contribution in [0.5, 0.6) is 0 Å². The van der Waals surface area contributed by atoms with Crippen LogP contribution in [-0.2, 0) is 23.8 Å². The molecule has 0 radical (unpaired) electrons. The Hall–Kier alpha value is -5.64. The summed E-state index contributed by atoms with van der Waals surface area (Å²) in [4.78, 5) is 50.9. The second kappa shape index (κ2) is 15.1. The van der Waals surface area contributed by atoms with Crippen molar-refractivity contribution in [3.63, 3.8) is 0 Å². The number of hydrogen-bond donors (Lipinski definition) is 2. The molecular weight excluding hydrogens is 620 g/mol. The number of ketones is 1.